The van der Waals surface area contributed by atoms with Crippen molar-refractivity contribution in [2.45, 2.75) is 0 Å². The summed E-state index contributed by atoms with van der Waals surface area (Å²) < 4.78 is 27.6. The molecule has 0 saturated carbocycles. The van der Waals surface area contributed by atoms with E-state index in [4.69, 9.17) is 0 Å². The molecule has 0 aliphatic carbocycles. The molecule has 0 aliphatic rings. The lowest BCUT2D eigenvalue weighted by atomic mass is 10.0. The summed E-state index contributed by atoms with van der Waals surface area (Å²) in [5.74, 6) is -2.23. The highest BCUT2D eigenvalue weighted by atomic mass is 19.2. The van der Waals surface area contributed by atoms with Gasteiger partial charge in [0.2, 0.25) is 0 Å². The number of H-pyrrole nitrogens is 1. The molecule has 0 radical (unpaired) electrons. The zero-order chi connectivity index (χ0) is 18.1. The van der Waals surface area contributed by atoms with Gasteiger partial charge in [-0.3, -0.25) is 9.89 Å². The van der Waals surface area contributed by atoms with Crippen LogP contribution in [0.15, 0.2) is 66.7 Å². The summed E-state index contributed by atoms with van der Waals surface area (Å²) in [6, 6.07) is 17.9. The van der Waals surface area contributed by atoms with Gasteiger partial charge in [-0.1, -0.05) is 36.4 Å². The summed E-state index contributed by atoms with van der Waals surface area (Å²) in [6.45, 7) is 0. The van der Waals surface area contributed by atoms with Gasteiger partial charge >= 0.3 is 0 Å². The lowest BCUT2D eigenvalue weighted by Crippen LogP contribution is -2.12. The van der Waals surface area contributed by atoms with E-state index in [2.05, 4.69) is 15.5 Å². The maximum absolute atomic E-state index is 14.1. The molecule has 1 aromatic heterocycles. The van der Waals surface area contributed by atoms with Gasteiger partial charge in [0.15, 0.2) is 17.3 Å². The van der Waals surface area contributed by atoms with Crippen LogP contribution >= 0.6 is 0 Å². The van der Waals surface area contributed by atoms with Gasteiger partial charge in [-0.15, -0.1) is 0 Å². The van der Waals surface area contributed by atoms with Crippen molar-refractivity contribution >= 4 is 22.5 Å². The number of carbonyl (C=O) groups is 1. The Hall–Kier alpha value is -3.54. The summed E-state index contributed by atoms with van der Waals surface area (Å²) in [4.78, 5) is 12.5. The summed E-state index contributed by atoms with van der Waals surface area (Å²) >= 11 is 0. The van der Waals surface area contributed by atoms with Crippen LogP contribution in [0.3, 0.4) is 0 Å². The molecule has 0 spiro atoms. The first-order valence-corrected chi connectivity index (χ1v) is 7.92. The number of nitrogens with zero attached hydrogens (tertiary/aromatic N) is 1. The lowest BCUT2D eigenvalue weighted by molar-refractivity contribution is 0.102. The van der Waals surface area contributed by atoms with Gasteiger partial charge in [-0.2, -0.15) is 5.10 Å². The molecular formula is C20H13F2N3O. The minimum absolute atomic E-state index is 0.127. The molecule has 26 heavy (non-hydrogen) atoms. The highest BCUT2D eigenvalue weighted by molar-refractivity contribution is 6.11. The monoisotopic (exact) mass is 349 g/mol. The third-order valence-corrected chi connectivity index (χ3v) is 4.07. The number of hydrogen-bond acceptors (Lipinski definition) is 2. The van der Waals surface area contributed by atoms with Crippen molar-refractivity contribution in [3.63, 3.8) is 0 Å². The molecule has 1 amide bonds. The van der Waals surface area contributed by atoms with Crippen LogP contribution in [0.2, 0.25) is 0 Å². The molecule has 0 saturated heterocycles. The highest BCUT2D eigenvalue weighted by Crippen LogP contribution is 2.28. The number of aromatic amines is 1. The first kappa shape index (κ1) is 16.0. The van der Waals surface area contributed by atoms with Crippen LogP contribution in [0.1, 0.15) is 10.5 Å². The molecule has 0 atom stereocenters. The van der Waals surface area contributed by atoms with E-state index >= 15 is 0 Å². The van der Waals surface area contributed by atoms with E-state index in [0.29, 0.717) is 22.2 Å². The molecule has 0 fully saturated rings. The maximum atomic E-state index is 14.1. The Morgan fingerprint density at radius 3 is 2.58 bits per heavy atom. The van der Waals surface area contributed by atoms with E-state index in [1.165, 1.54) is 12.1 Å². The first-order chi connectivity index (χ1) is 12.6. The largest absolute Gasteiger partial charge is 0.321 e. The van der Waals surface area contributed by atoms with Crippen LogP contribution < -0.4 is 5.32 Å². The zero-order valence-corrected chi connectivity index (χ0v) is 13.5. The van der Waals surface area contributed by atoms with Crippen molar-refractivity contribution in [2.75, 3.05) is 5.32 Å². The van der Waals surface area contributed by atoms with E-state index < -0.39 is 11.6 Å². The van der Waals surface area contributed by atoms with Crippen LogP contribution in [0, 0.1) is 11.6 Å². The fraction of sp³-hybridized carbons (Fsp3) is 0. The zero-order valence-electron chi connectivity index (χ0n) is 13.5. The topological polar surface area (TPSA) is 57.8 Å². The molecule has 1 heterocycles. The van der Waals surface area contributed by atoms with Crippen molar-refractivity contribution in [3.8, 4) is 11.1 Å². The van der Waals surface area contributed by atoms with E-state index in [0.717, 1.165) is 6.07 Å². The second kappa shape index (κ2) is 6.40. The molecule has 0 bridgehead atoms. The average molecular weight is 349 g/mol. The van der Waals surface area contributed by atoms with Crippen molar-refractivity contribution in [3.05, 3.63) is 84.1 Å². The van der Waals surface area contributed by atoms with Crippen LogP contribution in [0.25, 0.3) is 22.0 Å². The van der Waals surface area contributed by atoms with Crippen LogP contribution in [-0.4, -0.2) is 16.1 Å². The van der Waals surface area contributed by atoms with Gasteiger partial charge in [0.1, 0.15) is 0 Å². The highest BCUT2D eigenvalue weighted by Gasteiger charge is 2.16. The van der Waals surface area contributed by atoms with Crippen LogP contribution in [0.5, 0.6) is 0 Å². The Labute approximate surface area is 147 Å². The Morgan fingerprint density at radius 2 is 1.77 bits per heavy atom. The number of aromatic nitrogens is 2. The SMILES string of the molecule is O=C(Nc1ccccc1)c1n[nH]c2ccc(-c3cccc(F)c3F)cc12. The second-order valence-corrected chi connectivity index (χ2v) is 5.75. The molecule has 3 aromatic carbocycles. The molecule has 4 rings (SSSR count). The first-order valence-electron chi connectivity index (χ1n) is 7.92. The minimum atomic E-state index is -0.925. The molecule has 0 aliphatic heterocycles. The Bertz CT molecular complexity index is 1110. The Balaban J connectivity index is 1.75. The fourth-order valence-electron chi connectivity index (χ4n) is 2.79. The van der Waals surface area contributed by atoms with Gasteiger partial charge in [0.25, 0.3) is 5.91 Å². The van der Waals surface area contributed by atoms with Gasteiger partial charge in [0.05, 0.1) is 5.52 Å². The Kier molecular flexibility index (Phi) is 3.93. The quantitative estimate of drug-likeness (QED) is 0.560. The smallest absolute Gasteiger partial charge is 0.276 e. The second-order valence-electron chi connectivity index (χ2n) is 5.75. The maximum Gasteiger partial charge on any atom is 0.276 e. The fourth-order valence-corrected chi connectivity index (χ4v) is 2.79. The van der Waals surface area contributed by atoms with Gasteiger partial charge < -0.3 is 5.32 Å². The van der Waals surface area contributed by atoms with Crippen LogP contribution in [0.4, 0.5) is 14.5 Å². The van der Waals surface area contributed by atoms with Crippen molar-refractivity contribution in [2.24, 2.45) is 0 Å². The molecule has 4 nitrogen and oxygen atoms in total. The summed E-state index contributed by atoms with van der Waals surface area (Å²) in [5, 5.41) is 10.1. The predicted molar refractivity (Wildman–Crippen MR) is 95.8 cm³/mol. The molecule has 128 valence electrons. The standard InChI is InChI=1S/C20H13F2N3O/c21-16-8-4-7-14(18(16)22)12-9-10-17-15(11-12)19(25-24-17)20(26)23-13-5-2-1-3-6-13/h1-11H,(H,23,26)(H,24,25). The summed E-state index contributed by atoms with van der Waals surface area (Å²) in [7, 11) is 0. The molecule has 4 aromatic rings. The van der Waals surface area contributed by atoms with E-state index in [1.807, 2.05) is 18.2 Å². The third kappa shape index (κ3) is 2.82. The molecule has 2 N–H and O–H groups in total. The van der Waals surface area contributed by atoms with Gasteiger partial charge in [-0.25, -0.2) is 8.78 Å². The summed E-state index contributed by atoms with van der Waals surface area (Å²) in [6.07, 6.45) is 0. The number of amides is 1. The van der Waals surface area contributed by atoms with E-state index in [1.54, 1.807) is 30.3 Å². The number of fused-ring (bicyclic) bond motifs is 1. The van der Waals surface area contributed by atoms with Gasteiger partial charge in [-0.05, 0) is 35.9 Å². The van der Waals surface area contributed by atoms with Crippen LogP contribution in [-0.2, 0) is 0 Å². The van der Waals surface area contributed by atoms with Crippen molar-refractivity contribution in [1.29, 1.82) is 0 Å². The number of nitrogens with one attached hydrogen (secondary N) is 2. The molecular weight excluding hydrogens is 336 g/mol. The number of rotatable bonds is 3. The predicted octanol–water partition coefficient (Wildman–Crippen LogP) is 4.76. The lowest BCUT2D eigenvalue weighted by Gasteiger charge is -2.06. The van der Waals surface area contributed by atoms with E-state index in [9.17, 15) is 13.6 Å². The molecule has 0 unspecified atom stereocenters. The van der Waals surface area contributed by atoms with Crippen molar-refractivity contribution < 1.29 is 13.6 Å². The average Bonchev–Trinajstić information content (AvgIpc) is 3.08. The summed E-state index contributed by atoms with van der Waals surface area (Å²) in [5.41, 5.74) is 2.04. The number of carbonyl (C=O) groups excluding carboxylic acids is 1. The van der Waals surface area contributed by atoms with Crippen molar-refractivity contribution in [1.82, 2.24) is 10.2 Å². The number of para-hydroxylation sites is 1. The minimum Gasteiger partial charge on any atom is -0.321 e. The Morgan fingerprint density at radius 1 is 0.962 bits per heavy atom. The number of halogens is 2. The van der Waals surface area contributed by atoms with E-state index in [-0.39, 0.29) is 17.2 Å². The number of anilines is 1. The van der Waals surface area contributed by atoms with Gasteiger partial charge in [0, 0.05) is 16.6 Å². The number of hydrogen-bond donors (Lipinski definition) is 2. The number of benzene rings is 3. The normalized spacial score (nSPS) is 10.8. The third-order valence-electron chi connectivity index (χ3n) is 4.07. The molecule has 6 heteroatoms.